The molecule has 0 saturated heterocycles. The fourth-order valence-electron chi connectivity index (χ4n) is 2.22. The van der Waals surface area contributed by atoms with Crippen LogP contribution in [0.5, 0.6) is 0 Å². The highest BCUT2D eigenvalue weighted by molar-refractivity contribution is 9.10. The Hall–Kier alpha value is -1.96. The fourth-order valence-corrected chi connectivity index (χ4v) is 3.79. The second-order valence-corrected chi connectivity index (χ2v) is 7.44. The van der Waals surface area contributed by atoms with Crippen LogP contribution < -0.4 is 4.80 Å². The third kappa shape index (κ3) is 4.00. The summed E-state index contributed by atoms with van der Waals surface area (Å²) < 4.78 is 8.10. The van der Waals surface area contributed by atoms with Crippen LogP contribution in [0.1, 0.15) is 10.4 Å². The Labute approximate surface area is 160 Å². The number of aromatic nitrogens is 1. The number of rotatable bonds is 3. The van der Waals surface area contributed by atoms with Crippen LogP contribution >= 0.6 is 38.9 Å². The zero-order valence-corrected chi connectivity index (χ0v) is 16.2. The standard InChI is InChI=1S/C17H12BrClN2O3S/c1-24-15(22)9-21-13-7-6-12(19)8-14(13)25-17(21)20-16(23)10-2-4-11(18)5-3-10/h2-8H,9H2,1H3. The van der Waals surface area contributed by atoms with E-state index in [1.807, 2.05) is 0 Å². The van der Waals surface area contributed by atoms with E-state index >= 15 is 0 Å². The lowest BCUT2D eigenvalue weighted by molar-refractivity contribution is -0.141. The first-order valence-corrected chi connectivity index (χ1v) is 9.17. The van der Waals surface area contributed by atoms with Gasteiger partial charge in [0.2, 0.25) is 0 Å². The normalized spacial score (nSPS) is 11.7. The quantitative estimate of drug-likeness (QED) is 0.579. The van der Waals surface area contributed by atoms with Crippen LogP contribution in [0.2, 0.25) is 5.02 Å². The summed E-state index contributed by atoms with van der Waals surface area (Å²) in [5, 5.41) is 0.574. The van der Waals surface area contributed by atoms with Crippen LogP contribution in [0, 0.1) is 0 Å². The van der Waals surface area contributed by atoms with Crippen LogP contribution in [0.15, 0.2) is 51.9 Å². The van der Waals surface area contributed by atoms with Crippen LogP contribution in [0.4, 0.5) is 0 Å². The molecule has 0 bridgehead atoms. The van der Waals surface area contributed by atoms with Crippen molar-refractivity contribution < 1.29 is 14.3 Å². The molecule has 3 rings (SSSR count). The second-order valence-electron chi connectivity index (χ2n) is 5.08. The first-order chi connectivity index (χ1) is 12.0. The number of halogens is 2. The highest BCUT2D eigenvalue weighted by Crippen LogP contribution is 2.22. The molecule has 2 aromatic carbocycles. The number of thiazole rings is 1. The monoisotopic (exact) mass is 438 g/mol. The third-order valence-electron chi connectivity index (χ3n) is 3.45. The molecule has 1 aromatic heterocycles. The molecule has 0 radical (unpaired) electrons. The van der Waals surface area contributed by atoms with Gasteiger partial charge in [0, 0.05) is 15.1 Å². The van der Waals surface area contributed by atoms with E-state index in [0.717, 1.165) is 14.7 Å². The molecule has 8 heteroatoms. The zero-order chi connectivity index (χ0) is 18.0. The Bertz CT molecular complexity index is 1020. The van der Waals surface area contributed by atoms with E-state index in [4.69, 9.17) is 16.3 Å². The summed E-state index contributed by atoms with van der Waals surface area (Å²) in [6.07, 6.45) is 0. The number of amides is 1. The molecule has 25 heavy (non-hydrogen) atoms. The third-order valence-corrected chi connectivity index (χ3v) is 5.25. The summed E-state index contributed by atoms with van der Waals surface area (Å²) in [6.45, 7) is -0.0371. The average Bonchev–Trinajstić information content (AvgIpc) is 2.91. The van der Waals surface area contributed by atoms with Crippen molar-refractivity contribution in [2.45, 2.75) is 6.54 Å². The molecule has 0 fully saturated rings. The van der Waals surface area contributed by atoms with E-state index in [1.54, 1.807) is 47.0 Å². The predicted molar refractivity (Wildman–Crippen MR) is 101 cm³/mol. The number of benzene rings is 2. The largest absolute Gasteiger partial charge is 0.468 e. The predicted octanol–water partition coefficient (Wildman–Crippen LogP) is 4.03. The molecule has 0 unspecified atom stereocenters. The van der Waals surface area contributed by atoms with Crippen molar-refractivity contribution in [2.24, 2.45) is 4.99 Å². The molecule has 0 aliphatic carbocycles. The number of carbonyl (C=O) groups excluding carboxylic acids is 2. The van der Waals surface area contributed by atoms with Gasteiger partial charge >= 0.3 is 5.97 Å². The van der Waals surface area contributed by atoms with Crippen LogP contribution in [0.25, 0.3) is 10.2 Å². The van der Waals surface area contributed by atoms with E-state index in [-0.39, 0.29) is 12.5 Å². The van der Waals surface area contributed by atoms with Gasteiger partial charge in [-0.25, -0.2) is 0 Å². The molecular weight excluding hydrogens is 428 g/mol. The molecule has 0 N–H and O–H groups in total. The minimum Gasteiger partial charge on any atom is -0.468 e. The zero-order valence-electron chi connectivity index (χ0n) is 13.0. The summed E-state index contributed by atoms with van der Waals surface area (Å²) in [4.78, 5) is 28.8. The molecule has 0 atom stereocenters. The van der Waals surface area contributed by atoms with Crippen molar-refractivity contribution >= 4 is 61.0 Å². The maximum absolute atomic E-state index is 12.4. The fraction of sp³-hybridized carbons (Fsp3) is 0.118. The Kier molecular flexibility index (Phi) is 5.36. The number of ether oxygens (including phenoxy) is 1. The Balaban J connectivity index is 2.13. The first-order valence-electron chi connectivity index (χ1n) is 7.18. The van der Waals surface area contributed by atoms with E-state index in [9.17, 15) is 9.59 Å². The smallest absolute Gasteiger partial charge is 0.325 e. The van der Waals surface area contributed by atoms with Gasteiger partial charge in [0.1, 0.15) is 6.54 Å². The van der Waals surface area contributed by atoms with Crippen molar-refractivity contribution in [3.05, 3.63) is 62.3 Å². The number of methoxy groups -OCH3 is 1. The highest BCUT2D eigenvalue weighted by Gasteiger charge is 2.12. The molecule has 1 amide bonds. The van der Waals surface area contributed by atoms with E-state index in [0.29, 0.717) is 15.4 Å². The molecule has 3 aromatic rings. The van der Waals surface area contributed by atoms with Crippen molar-refractivity contribution in [3.8, 4) is 0 Å². The lowest BCUT2D eigenvalue weighted by Crippen LogP contribution is -2.22. The van der Waals surface area contributed by atoms with Crippen molar-refractivity contribution in [2.75, 3.05) is 7.11 Å². The van der Waals surface area contributed by atoms with E-state index in [2.05, 4.69) is 20.9 Å². The topological polar surface area (TPSA) is 60.7 Å². The van der Waals surface area contributed by atoms with Crippen LogP contribution in [-0.2, 0) is 16.1 Å². The molecule has 5 nitrogen and oxygen atoms in total. The van der Waals surface area contributed by atoms with Crippen LogP contribution in [-0.4, -0.2) is 23.6 Å². The number of nitrogens with zero attached hydrogens (tertiary/aromatic N) is 2. The maximum Gasteiger partial charge on any atom is 0.325 e. The minimum atomic E-state index is -0.424. The van der Waals surface area contributed by atoms with Crippen LogP contribution in [0.3, 0.4) is 0 Å². The molecular formula is C17H12BrClN2O3S. The van der Waals surface area contributed by atoms with Crippen molar-refractivity contribution in [1.29, 1.82) is 0 Å². The van der Waals surface area contributed by atoms with E-state index in [1.165, 1.54) is 18.4 Å². The Morgan fingerprint density at radius 1 is 1.24 bits per heavy atom. The van der Waals surface area contributed by atoms with Gasteiger partial charge in [-0.3, -0.25) is 9.59 Å². The molecule has 0 aliphatic heterocycles. The lowest BCUT2D eigenvalue weighted by atomic mass is 10.2. The first kappa shape index (κ1) is 17.8. The Morgan fingerprint density at radius 3 is 2.64 bits per heavy atom. The number of hydrogen-bond acceptors (Lipinski definition) is 4. The summed E-state index contributed by atoms with van der Waals surface area (Å²) >= 11 is 10.7. The average molecular weight is 440 g/mol. The van der Waals surface area contributed by atoms with Gasteiger partial charge in [0.05, 0.1) is 17.3 Å². The second kappa shape index (κ2) is 7.51. The summed E-state index contributed by atoms with van der Waals surface area (Å²) in [6, 6.07) is 12.2. The molecule has 1 heterocycles. The molecule has 0 saturated carbocycles. The molecule has 0 aliphatic rings. The van der Waals surface area contributed by atoms with Gasteiger partial charge in [0.25, 0.3) is 5.91 Å². The Morgan fingerprint density at radius 2 is 1.96 bits per heavy atom. The van der Waals surface area contributed by atoms with Crippen molar-refractivity contribution in [1.82, 2.24) is 4.57 Å². The minimum absolute atomic E-state index is 0.0371. The number of carbonyl (C=O) groups is 2. The summed E-state index contributed by atoms with van der Waals surface area (Å²) in [5.41, 5.74) is 1.23. The number of esters is 1. The van der Waals surface area contributed by atoms with Gasteiger partial charge in [-0.2, -0.15) is 4.99 Å². The van der Waals surface area contributed by atoms with Gasteiger partial charge in [-0.15, -0.1) is 0 Å². The maximum atomic E-state index is 12.4. The SMILES string of the molecule is COC(=O)Cn1c(=NC(=O)c2ccc(Br)cc2)sc2cc(Cl)ccc21. The van der Waals surface area contributed by atoms with Gasteiger partial charge in [-0.05, 0) is 42.5 Å². The highest BCUT2D eigenvalue weighted by atomic mass is 79.9. The number of fused-ring (bicyclic) bond motifs is 1. The molecule has 0 spiro atoms. The summed E-state index contributed by atoms with van der Waals surface area (Å²) in [5.74, 6) is -0.809. The van der Waals surface area contributed by atoms with Crippen molar-refractivity contribution in [3.63, 3.8) is 0 Å². The molecule has 128 valence electrons. The van der Waals surface area contributed by atoms with Gasteiger partial charge < -0.3 is 9.30 Å². The van der Waals surface area contributed by atoms with Gasteiger partial charge in [0.15, 0.2) is 4.80 Å². The lowest BCUT2D eigenvalue weighted by Gasteiger charge is -2.03. The van der Waals surface area contributed by atoms with Gasteiger partial charge in [-0.1, -0.05) is 38.9 Å². The van der Waals surface area contributed by atoms with E-state index < -0.39 is 5.97 Å². The number of hydrogen-bond donors (Lipinski definition) is 0. The summed E-state index contributed by atoms with van der Waals surface area (Å²) in [7, 11) is 1.32.